The number of carbonyl (C=O) groups is 1. The fourth-order valence-electron chi connectivity index (χ4n) is 2.72. The molecule has 1 amide bonds. The van der Waals surface area contributed by atoms with Gasteiger partial charge in [0.25, 0.3) is 0 Å². The summed E-state index contributed by atoms with van der Waals surface area (Å²) >= 11 is 0.989. The van der Waals surface area contributed by atoms with Crippen LogP contribution in [0.4, 0.5) is 13.9 Å². The van der Waals surface area contributed by atoms with Gasteiger partial charge in [-0.3, -0.25) is 9.69 Å². The van der Waals surface area contributed by atoms with Crippen molar-refractivity contribution in [2.75, 3.05) is 19.0 Å². The molecule has 0 unspecified atom stereocenters. The van der Waals surface area contributed by atoms with E-state index < -0.39 is 12.2 Å². The standard InChI is InChI=1S/C16H19F2N5O3S/c1-9(24)21-16-22-15(18)11(27-16)7-23-6-10(3-4-12(23)17)26-14-5-13(25-2)19-8-20-14/h5,8,10,12H,3-4,6-7H2,1-2H3,(H,21,22,24)/t10-,12+/m0/s1. The van der Waals surface area contributed by atoms with Gasteiger partial charge in [-0.25, -0.2) is 14.4 Å². The van der Waals surface area contributed by atoms with Gasteiger partial charge in [0, 0.05) is 20.0 Å². The van der Waals surface area contributed by atoms with Crippen LogP contribution in [-0.2, 0) is 11.3 Å². The highest BCUT2D eigenvalue weighted by atomic mass is 32.1. The number of nitrogens with zero attached hydrogens (tertiary/aromatic N) is 4. The third-order valence-corrected chi connectivity index (χ3v) is 4.88. The van der Waals surface area contributed by atoms with E-state index in [2.05, 4.69) is 20.3 Å². The fourth-order valence-corrected chi connectivity index (χ4v) is 3.64. The number of likely N-dealkylation sites (tertiary alicyclic amines) is 1. The highest BCUT2D eigenvalue weighted by Crippen LogP contribution is 2.28. The minimum atomic E-state index is -1.21. The molecular weight excluding hydrogens is 380 g/mol. The molecule has 0 bridgehead atoms. The molecule has 3 heterocycles. The number of carbonyl (C=O) groups excluding carboxylic acids is 1. The number of methoxy groups -OCH3 is 1. The first-order valence-corrected chi connectivity index (χ1v) is 9.10. The second-order valence-corrected chi connectivity index (χ2v) is 7.08. The van der Waals surface area contributed by atoms with E-state index in [1.54, 1.807) is 6.07 Å². The molecule has 1 fully saturated rings. The summed E-state index contributed by atoms with van der Waals surface area (Å²) in [7, 11) is 1.49. The van der Waals surface area contributed by atoms with Gasteiger partial charge in [-0.1, -0.05) is 11.3 Å². The highest BCUT2D eigenvalue weighted by molar-refractivity contribution is 7.15. The normalized spacial score (nSPS) is 20.3. The van der Waals surface area contributed by atoms with Crippen molar-refractivity contribution >= 4 is 22.4 Å². The number of aromatic nitrogens is 3. The Kier molecular flexibility index (Phi) is 6.11. The zero-order chi connectivity index (χ0) is 19.4. The van der Waals surface area contributed by atoms with Crippen LogP contribution in [0, 0.1) is 5.95 Å². The van der Waals surface area contributed by atoms with E-state index in [1.165, 1.54) is 25.3 Å². The van der Waals surface area contributed by atoms with Gasteiger partial charge < -0.3 is 14.8 Å². The Bertz CT molecular complexity index is 806. The van der Waals surface area contributed by atoms with Crippen LogP contribution in [0.2, 0.25) is 0 Å². The van der Waals surface area contributed by atoms with E-state index in [0.29, 0.717) is 18.2 Å². The first-order chi connectivity index (χ1) is 12.9. The first kappa shape index (κ1) is 19.4. The lowest BCUT2D eigenvalue weighted by atomic mass is 10.1. The van der Waals surface area contributed by atoms with Gasteiger partial charge in [0.15, 0.2) is 11.4 Å². The smallest absolute Gasteiger partial charge is 0.230 e. The van der Waals surface area contributed by atoms with Crippen molar-refractivity contribution in [3.8, 4) is 11.8 Å². The SMILES string of the molecule is COc1cc(O[C@H]2CC[C@H](F)N(Cc3sc(NC(C)=O)nc3F)C2)ncn1. The van der Waals surface area contributed by atoms with Gasteiger partial charge in [0.1, 0.15) is 12.4 Å². The molecule has 2 aromatic heterocycles. The van der Waals surface area contributed by atoms with Gasteiger partial charge >= 0.3 is 0 Å². The Hall–Kier alpha value is -2.40. The lowest BCUT2D eigenvalue weighted by Gasteiger charge is -2.34. The number of amides is 1. The first-order valence-electron chi connectivity index (χ1n) is 8.28. The number of thiazole rings is 1. The summed E-state index contributed by atoms with van der Waals surface area (Å²) in [5, 5.41) is 2.59. The monoisotopic (exact) mass is 399 g/mol. The molecule has 0 aromatic carbocycles. The molecular formula is C16H19F2N5O3S. The summed E-state index contributed by atoms with van der Waals surface area (Å²) in [5.74, 6) is -0.348. The fraction of sp³-hybridized carbons (Fsp3) is 0.500. The Balaban J connectivity index is 1.65. The van der Waals surface area contributed by atoms with Crippen molar-refractivity contribution in [3.63, 3.8) is 0 Å². The molecule has 3 rings (SSSR count). The van der Waals surface area contributed by atoms with Gasteiger partial charge in [0.2, 0.25) is 23.6 Å². The maximum atomic E-state index is 14.3. The summed E-state index contributed by atoms with van der Waals surface area (Å²) in [6.45, 7) is 1.61. The Morgan fingerprint density at radius 2 is 2.19 bits per heavy atom. The molecule has 146 valence electrons. The van der Waals surface area contributed by atoms with E-state index >= 15 is 0 Å². The van der Waals surface area contributed by atoms with Crippen molar-refractivity contribution in [3.05, 3.63) is 23.2 Å². The number of nitrogens with one attached hydrogen (secondary N) is 1. The minimum Gasteiger partial charge on any atom is -0.481 e. The third-order valence-electron chi connectivity index (χ3n) is 3.95. The maximum Gasteiger partial charge on any atom is 0.230 e. The second kappa shape index (κ2) is 8.53. The highest BCUT2D eigenvalue weighted by Gasteiger charge is 2.31. The average molecular weight is 399 g/mol. The Morgan fingerprint density at radius 1 is 1.41 bits per heavy atom. The van der Waals surface area contributed by atoms with Crippen molar-refractivity contribution in [2.24, 2.45) is 0 Å². The van der Waals surface area contributed by atoms with Crippen molar-refractivity contribution in [1.29, 1.82) is 0 Å². The number of hydrogen-bond acceptors (Lipinski definition) is 8. The van der Waals surface area contributed by atoms with Crippen molar-refractivity contribution < 1.29 is 23.0 Å². The number of piperidine rings is 1. The molecule has 0 saturated carbocycles. The van der Waals surface area contributed by atoms with Crippen molar-refractivity contribution in [2.45, 2.75) is 38.7 Å². The van der Waals surface area contributed by atoms with Crippen LogP contribution in [0.3, 0.4) is 0 Å². The van der Waals surface area contributed by atoms with Crippen LogP contribution < -0.4 is 14.8 Å². The molecule has 2 atom stereocenters. The summed E-state index contributed by atoms with van der Waals surface area (Å²) in [6.07, 6.45) is 0.569. The van der Waals surface area contributed by atoms with Gasteiger partial charge in [-0.15, -0.1) is 0 Å². The van der Waals surface area contributed by atoms with Crippen LogP contribution in [0.25, 0.3) is 0 Å². The molecule has 27 heavy (non-hydrogen) atoms. The zero-order valence-corrected chi connectivity index (χ0v) is 15.6. The van der Waals surface area contributed by atoms with Gasteiger partial charge in [0.05, 0.1) is 18.1 Å². The molecule has 0 aliphatic carbocycles. The molecule has 1 N–H and O–H groups in total. The van der Waals surface area contributed by atoms with E-state index in [-0.39, 0.29) is 41.5 Å². The van der Waals surface area contributed by atoms with E-state index in [9.17, 15) is 13.6 Å². The van der Waals surface area contributed by atoms with Crippen LogP contribution in [0.5, 0.6) is 11.8 Å². The minimum absolute atomic E-state index is 0.0389. The van der Waals surface area contributed by atoms with Gasteiger partial charge in [-0.2, -0.15) is 9.37 Å². The topological polar surface area (TPSA) is 89.5 Å². The van der Waals surface area contributed by atoms with Crippen LogP contribution >= 0.6 is 11.3 Å². The zero-order valence-electron chi connectivity index (χ0n) is 14.8. The number of hydrogen-bond donors (Lipinski definition) is 1. The second-order valence-electron chi connectivity index (χ2n) is 5.99. The van der Waals surface area contributed by atoms with E-state index in [4.69, 9.17) is 9.47 Å². The average Bonchev–Trinajstić information content (AvgIpc) is 2.96. The number of halogens is 2. The Morgan fingerprint density at radius 3 is 2.93 bits per heavy atom. The van der Waals surface area contributed by atoms with Crippen molar-refractivity contribution in [1.82, 2.24) is 19.9 Å². The van der Waals surface area contributed by atoms with Crippen LogP contribution in [0.15, 0.2) is 12.4 Å². The lowest BCUT2D eigenvalue weighted by Crippen LogP contribution is -2.45. The van der Waals surface area contributed by atoms with Gasteiger partial charge in [-0.05, 0) is 12.8 Å². The Labute approximate surface area is 158 Å². The predicted molar refractivity (Wildman–Crippen MR) is 93.9 cm³/mol. The van der Waals surface area contributed by atoms with Crippen LogP contribution in [-0.4, -0.2) is 51.8 Å². The molecule has 0 spiro atoms. The number of ether oxygens (including phenoxy) is 2. The molecule has 1 saturated heterocycles. The molecule has 1 aliphatic rings. The van der Waals surface area contributed by atoms with Crippen LogP contribution in [0.1, 0.15) is 24.6 Å². The number of alkyl halides is 1. The maximum absolute atomic E-state index is 14.3. The quantitative estimate of drug-likeness (QED) is 0.746. The number of anilines is 1. The summed E-state index contributed by atoms with van der Waals surface area (Å²) in [5.41, 5.74) is 0. The molecule has 8 nitrogen and oxygen atoms in total. The van der Waals surface area contributed by atoms with E-state index in [1.807, 2.05) is 0 Å². The summed E-state index contributed by atoms with van der Waals surface area (Å²) in [6, 6.07) is 1.55. The summed E-state index contributed by atoms with van der Waals surface area (Å²) in [4.78, 5) is 24.4. The predicted octanol–water partition coefficient (Wildman–Crippen LogP) is 2.38. The molecule has 1 aliphatic heterocycles. The summed E-state index contributed by atoms with van der Waals surface area (Å²) < 4.78 is 39.2. The molecule has 0 radical (unpaired) electrons. The largest absolute Gasteiger partial charge is 0.481 e. The molecule has 11 heteroatoms. The number of rotatable bonds is 6. The molecule has 2 aromatic rings. The van der Waals surface area contributed by atoms with E-state index in [0.717, 1.165) is 11.3 Å². The third kappa shape index (κ3) is 5.07. The lowest BCUT2D eigenvalue weighted by molar-refractivity contribution is -0.114.